The van der Waals surface area contributed by atoms with Crippen molar-refractivity contribution in [2.45, 2.75) is 17.4 Å². The Hall–Kier alpha value is -1.23. The van der Waals surface area contributed by atoms with Crippen LogP contribution in [0.1, 0.15) is 16.8 Å². The fourth-order valence-corrected chi connectivity index (χ4v) is 4.12. The zero-order valence-electron chi connectivity index (χ0n) is 15.6. The van der Waals surface area contributed by atoms with Crippen LogP contribution in [0.2, 0.25) is 0 Å². The second-order valence-corrected chi connectivity index (χ2v) is 8.02. The van der Waals surface area contributed by atoms with E-state index in [1.807, 2.05) is 0 Å². The average Bonchev–Trinajstić information content (AvgIpc) is 3.14. The highest BCUT2D eigenvalue weighted by molar-refractivity contribution is 7.89. The number of halogens is 1. The van der Waals surface area contributed by atoms with Gasteiger partial charge < -0.3 is 20.1 Å². The van der Waals surface area contributed by atoms with E-state index in [0.717, 1.165) is 19.5 Å². The van der Waals surface area contributed by atoms with Gasteiger partial charge in [0.1, 0.15) is 0 Å². The second-order valence-electron chi connectivity index (χ2n) is 6.08. The van der Waals surface area contributed by atoms with E-state index in [-0.39, 0.29) is 42.3 Å². The van der Waals surface area contributed by atoms with E-state index in [2.05, 4.69) is 10.6 Å². The minimum atomic E-state index is -3.68. The summed E-state index contributed by atoms with van der Waals surface area (Å²) in [6.45, 7) is 2.70. The van der Waals surface area contributed by atoms with E-state index < -0.39 is 10.0 Å². The molecule has 2 N–H and O–H groups in total. The standard InChI is InChI=1S/C17H27N3O5S.ClH/c1-24-11-9-20(10-12-25-2)26(22,23)16-5-3-14(4-6-16)17(21)19-15-7-8-18-13-15;/h3-6,15,18H,7-13H2,1-2H3,(H,19,21);1H. The third-order valence-corrected chi connectivity index (χ3v) is 6.15. The normalized spacial score (nSPS) is 16.9. The molecule has 1 saturated heterocycles. The van der Waals surface area contributed by atoms with Crippen LogP contribution in [-0.2, 0) is 19.5 Å². The van der Waals surface area contributed by atoms with Gasteiger partial charge in [-0.2, -0.15) is 4.31 Å². The van der Waals surface area contributed by atoms with Gasteiger partial charge >= 0.3 is 0 Å². The molecule has 1 aliphatic rings. The van der Waals surface area contributed by atoms with Gasteiger partial charge in [0.15, 0.2) is 0 Å². The molecular weight excluding hydrogens is 394 g/mol. The molecular formula is C17H28ClN3O5S. The molecule has 1 heterocycles. The van der Waals surface area contributed by atoms with Crippen molar-refractivity contribution in [1.29, 1.82) is 0 Å². The number of carbonyl (C=O) groups excluding carboxylic acids is 1. The number of rotatable bonds is 10. The van der Waals surface area contributed by atoms with Gasteiger partial charge in [0.2, 0.25) is 10.0 Å². The Labute approximate surface area is 167 Å². The van der Waals surface area contributed by atoms with Gasteiger partial charge in [0.25, 0.3) is 5.91 Å². The first-order valence-electron chi connectivity index (χ1n) is 8.58. The van der Waals surface area contributed by atoms with Crippen LogP contribution in [0.5, 0.6) is 0 Å². The molecule has 1 atom stereocenters. The monoisotopic (exact) mass is 421 g/mol. The summed E-state index contributed by atoms with van der Waals surface area (Å²) in [4.78, 5) is 12.4. The molecule has 1 aromatic rings. The van der Waals surface area contributed by atoms with Crippen LogP contribution in [-0.4, -0.2) is 78.3 Å². The number of nitrogens with one attached hydrogen (secondary N) is 2. The Bertz CT molecular complexity index is 670. The molecule has 0 spiro atoms. The maximum atomic E-state index is 12.8. The lowest BCUT2D eigenvalue weighted by Gasteiger charge is -2.21. The van der Waals surface area contributed by atoms with E-state index in [4.69, 9.17) is 9.47 Å². The lowest BCUT2D eigenvalue weighted by atomic mass is 10.2. The summed E-state index contributed by atoms with van der Waals surface area (Å²) >= 11 is 0. The lowest BCUT2D eigenvalue weighted by molar-refractivity contribution is 0.0940. The highest BCUT2D eigenvalue weighted by Gasteiger charge is 2.24. The Balaban J connectivity index is 0.00000364. The van der Waals surface area contributed by atoms with Gasteiger partial charge in [-0.3, -0.25) is 4.79 Å². The number of hydrogen-bond acceptors (Lipinski definition) is 6. The highest BCUT2D eigenvalue weighted by atomic mass is 35.5. The molecule has 0 saturated carbocycles. The van der Waals surface area contributed by atoms with E-state index >= 15 is 0 Å². The summed E-state index contributed by atoms with van der Waals surface area (Å²) in [6, 6.07) is 6.11. The number of sulfonamides is 1. The molecule has 0 bridgehead atoms. The molecule has 2 rings (SSSR count). The van der Waals surface area contributed by atoms with Crippen LogP contribution in [0.3, 0.4) is 0 Å². The number of amides is 1. The Kier molecular flexibility index (Phi) is 10.2. The van der Waals surface area contributed by atoms with Gasteiger partial charge in [-0.15, -0.1) is 12.4 Å². The van der Waals surface area contributed by atoms with Crippen LogP contribution in [0.25, 0.3) is 0 Å². The second kappa shape index (κ2) is 11.6. The largest absolute Gasteiger partial charge is 0.383 e. The van der Waals surface area contributed by atoms with Crippen molar-refractivity contribution in [3.8, 4) is 0 Å². The van der Waals surface area contributed by atoms with Crippen LogP contribution < -0.4 is 10.6 Å². The lowest BCUT2D eigenvalue weighted by Crippen LogP contribution is -2.37. The van der Waals surface area contributed by atoms with Crippen molar-refractivity contribution >= 4 is 28.3 Å². The first-order chi connectivity index (χ1) is 12.5. The first-order valence-corrected chi connectivity index (χ1v) is 10.0. The summed E-state index contributed by atoms with van der Waals surface area (Å²) in [6.07, 6.45) is 0.895. The molecule has 154 valence electrons. The fourth-order valence-electron chi connectivity index (χ4n) is 2.71. The maximum Gasteiger partial charge on any atom is 0.251 e. The van der Waals surface area contributed by atoms with Gasteiger partial charge in [-0.25, -0.2) is 8.42 Å². The summed E-state index contributed by atoms with van der Waals surface area (Å²) in [7, 11) is -0.634. The van der Waals surface area contributed by atoms with Gasteiger partial charge in [-0.05, 0) is 37.2 Å². The van der Waals surface area contributed by atoms with Crippen molar-refractivity contribution in [2.24, 2.45) is 0 Å². The number of hydrogen-bond donors (Lipinski definition) is 2. The van der Waals surface area contributed by atoms with Crippen LogP contribution in [0.4, 0.5) is 0 Å². The number of nitrogens with zero attached hydrogens (tertiary/aromatic N) is 1. The molecule has 1 aromatic carbocycles. The SMILES string of the molecule is COCCN(CCOC)S(=O)(=O)c1ccc(C(=O)NC2CCNC2)cc1.Cl. The molecule has 1 amide bonds. The summed E-state index contributed by atoms with van der Waals surface area (Å²) in [5.41, 5.74) is 0.441. The Morgan fingerprint density at radius 1 is 1.19 bits per heavy atom. The molecule has 0 aromatic heterocycles. The molecule has 0 aliphatic carbocycles. The van der Waals surface area contributed by atoms with Gasteiger partial charge in [0, 0.05) is 45.5 Å². The van der Waals surface area contributed by atoms with E-state index in [9.17, 15) is 13.2 Å². The molecule has 1 fully saturated rings. The zero-order chi connectivity index (χ0) is 19.0. The topological polar surface area (TPSA) is 97.0 Å². The molecule has 1 unspecified atom stereocenters. The number of benzene rings is 1. The minimum absolute atomic E-state index is 0. The smallest absolute Gasteiger partial charge is 0.251 e. The van der Waals surface area contributed by atoms with E-state index in [0.29, 0.717) is 18.8 Å². The van der Waals surface area contributed by atoms with Crippen molar-refractivity contribution in [2.75, 3.05) is 53.6 Å². The quantitative estimate of drug-likeness (QED) is 0.570. The summed E-state index contributed by atoms with van der Waals surface area (Å²) in [5.74, 6) is -0.196. The summed E-state index contributed by atoms with van der Waals surface area (Å²) < 4.78 is 36.9. The minimum Gasteiger partial charge on any atom is -0.383 e. The zero-order valence-corrected chi connectivity index (χ0v) is 17.3. The van der Waals surface area contributed by atoms with Gasteiger partial charge in [0.05, 0.1) is 18.1 Å². The van der Waals surface area contributed by atoms with Crippen molar-refractivity contribution in [3.05, 3.63) is 29.8 Å². The van der Waals surface area contributed by atoms with Crippen LogP contribution >= 0.6 is 12.4 Å². The molecule has 27 heavy (non-hydrogen) atoms. The van der Waals surface area contributed by atoms with E-state index in [1.165, 1.54) is 42.8 Å². The Morgan fingerprint density at radius 3 is 2.26 bits per heavy atom. The highest BCUT2D eigenvalue weighted by Crippen LogP contribution is 2.17. The number of ether oxygens (including phenoxy) is 2. The maximum absolute atomic E-state index is 12.8. The first kappa shape index (κ1) is 23.8. The molecule has 1 aliphatic heterocycles. The predicted octanol–water partition coefficient (Wildman–Crippen LogP) is 0.484. The molecule has 0 radical (unpaired) electrons. The number of carbonyl (C=O) groups is 1. The van der Waals surface area contributed by atoms with Crippen LogP contribution in [0, 0.1) is 0 Å². The summed E-state index contributed by atoms with van der Waals surface area (Å²) in [5, 5.41) is 6.12. The van der Waals surface area contributed by atoms with Crippen molar-refractivity contribution in [3.63, 3.8) is 0 Å². The third-order valence-electron chi connectivity index (χ3n) is 4.24. The Morgan fingerprint density at radius 2 is 1.78 bits per heavy atom. The third kappa shape index (κ3) is 6.70. The predicted molar refractivity (Wildman–Crippen MR) is 105 cm³/mol. The van der Waals surface area contributed by atoms with Crippen LogP contribution in [0.15, 0.2) is 29.2 Å². The fraction of sp³-hybridized carbons (Fsp3) is 0.588. The average molecular weight is 422 g/mol. The van der Waals surface area contributed by atoms with E-state index in [1.54, 1.807) is 0 Å². The van der Waals surface area contributed by atoms with Crippen molar-refractivity contribution in [1.82, 2.24) is 14.9 Å². The number of methoxy groups -OCH3 is 2. The molecule has 10 heteroatoms. The molecule has 8 nitrogen and oxygen atoms in total. The van der Waals surface area contributed by atoms with Crippen molar-refractivity contribution < 1.29 is 22.7 Å². The van der Waals surface area contributed by atoms with Gasteiger partial charge in [-0.1, -0.05) is 0 Å².